The third-order valence-electron chi connectivity index (χ3n) is 4.19. The van der Waals surface area contributed by atoms with Crippen LogP contribution in [0.3, 0.4) is 0 Å². The van der Waals surface area contributed by atoms with Gasteiger partial charge in [0.25, 0.3) is 0 Å². The molecule has 21 heavy (non-hydrogen) atoms. The lowest BCUT2D eigenvalue weighted by atomic mass is 9.80. The second-order valence-electron chi connectivity index (χ2n) is 6.52. The Morgan fingerprint density at radius 3 is 2.90 bits per heavy atom. The van der Waals surface area contributed by atoms with Crippen molar-refractivity contribution in [3.8, 4) is 6.07 Å². The van der Waals surface area contributed by atoms with Gasteiger partial charge in [0, 0.05) is 25.0 Å². The van der Waals surface area contributed by atoms with Crippen molar-refractivity contribution in [3.63, 3.8) is 0 Å². The Bertz CT molecular complexity index is 509. The van der Waals surface area contributed by atoms with Gasteiger partial charge in [-0.3, -0.25) is 4.90 Å². The summed E-state index contributed by atoms with van der Waals surface area (Å²) in [7, 11) is 4.12. The van der Waals surface area contributed by atoms with Crippen LogP contribution in [-0.4, -0.2) is 55.2 Å². The summed E-state index contributed by atoms with van der Waals surface area (Å²) in [4.78, 5) is 4.57. The topological polar surface area (TPSA) is 50.5 Å². The Kier molecular flexibility index (Phi) is 5.35. The number of piperidine rings is 1. The quantitative estimate of drug-likeness (QED) is 0.895. The van der Waals surface area contributed by atoms with Crippen molar-refractivity contribution in [1.82, 2.24) is 9.80 Å². The second kappa shape index (κ2) is 7.04. The van der Waals surface area contributed by atoms with E-state index in [9.17, 15) is 5.11 Å². The zero-order valence-corrected chi connectivity index (χ0v) is 13.0. The van der Waals surface area contributed by atoms with Crippen LogP contribution in [0.1, 0.15) is 24.0 Å². The first-order chi connectivity index (χ1) is 10.1. The minimum absolute atomic E-state index is 0.0193. The van der Waals surface area contributed by atoms with Gasteiger partial charge in [-0.1, -0.05) is 12.1 Å². The summed E-state index contributed by atoms with van der Waals surface area (Å²) < 4.78 is 0. The molecule has 1 saturated heterocycles. The van der Waals surface area contributed by atoms with Gasteiger partial charge in [-0.25, -0.2) is 0 Å². The van der Waals surface area contributed by atoms with Crippen LogP contribution in [0.25, 0.3) is 0 Å². The lowest BCUT2D eigenvalue weighted by Gasteiger charge is -2.43. The number of nitriles is 1. The number of aliphatic hydroxyl groups excluding tert-OH is 1. The molecule has 0 radical (unpaired) electrons. The number of benzene rings is 1. The van der Waals surface area contributed by atoms with Gasteiger partial charge in [0.1, 0.15) is 0 Å². The minimum Gasteiger partial charge on any atom is -0.396 e. The van der Waals surface area contributed by atoms with Gasteiger partial charge in [-0.15, -0.1) is 0 Å². The van der Waals surface area contributed by atoms with Crippen molar-refractivity contribution in [3.05, 3.63) is 35.4 Å². The highest BCUT2D eigenvalue weighted by Gasteiger charge is 2.35. The molecule has 114 valence electrons. The maximum absolute atomic E-state index is 9.86. The fourth-order valence-corrected chi connectivity index (χ4v) is 3.42. The van der Waals surface area contributed by atoms with Crippen LogP contribution in [0.5, 0.6) is 0 Å². The number of nitrogens with zero attached hydrogens (tertiary/aromatic N) is 3. The zero-order chi connectivity index (χ0) is 15.3. The largest absolute Gasteiger partial charge is 0.396 e. The smallest absolute Gasteiger partial charge is 0.0991 e. The van der Waals surface area contributed by atoms with E-state index in [1.165, 1.54) is 5.56 Å². The summed E-state index contributed by atoms with van der Waals surface area (Å²) in [5, 5.41) is 18.8. The van der Waals surface area contributed by atoms with E-state index in [0.29, 0.717) is 5.56 Å². The van der Waals surface area contributed by atoms with Crippen molar-refractivity contribution in [2.75, 3.05) is 40.3 Å². The molecule has 0 amide bonds. The Labute approximate surface area is 127 Å². The van der Waals surface area contributed by atoms with Crippen molar-refractivity contribution in [2.45, 2.75) is 19.4 Å². The van der Waals surface area contributed by atoms with E-state index >= 15 is 0 Å². The summed E-state index contributed by atoms with van der Waals surface area (Å²) >= 11 is 0. The van der Waals surface area contributed by atoms with Gasteiger partial charge in [-0.2, -0.15) is 5.26 Å². The van der Waals surface area contributed by atoms with Crippen molar-refractivity contribution < 1.29 is 5.11 Å². The van der Waals surface area contributed by atoms with E-state index in [-0.39, 0.29) is 12.0 Å². The van der Waals surface area contributed by atoms with Gasteiger partial charge in [0.05, 0.1) is 18.2 Å². The molecule has 1 aromatic carbocycles. The average Bonchev–Trinajstić information content (AvgIpc) is 2.47. The molecule has 4 nitrogen and oxygen atoms in total. The van der Waals surface area contributed by atoms with Gasteiger partial charge < -0.3 is 10.0 Å². The fourth-order valence-electron chi connectivity index (χ4n) is 3.42. The molecule has 1 aromatic rings. The molecule has 1 N–H and O–H groups in total. The normalized spacial score (nSPS) is 23.2. The van der Waals surface area contributed by atoms with Gasteiger partial charge in [-0.05, 0) is 51.2 Å². The molecule has 0 saturated carbocycles. The molecule has 1 fully saturated rings. The Hall–Kier alpha value is -1.41. The van der Waals surface area contributed by atoms with E-state index < -0.39 is 0 Å². The zero-order valence-electron chi connectivity index (χ0n) is 13.0. The molecule has 1 heterocycles. The first-order valence-electron chi connectivity index (χ1n) is 7.54. The monoisotopic (exact) mass is 287 g/mol. The lowest BCUT2D eigenvalue weighted by molar-refractivity contribution is 0.0105. The lowest BCUT2D eigenvalue weighted by Crippen LogP contribution is -2.49. The Morgan fingerprint density at radius 2 is 2.24 bits per heavy atom. The minimum atomic E-state index is -0.0193. The molecule has 0 aliphatic carbocycles. The third-order valence-corrected chi connectivity index (χ3v) is 4.19. The van der Waals surface area contributed by atoms with E-state index in [4.69, 9.17) is 5.26 Å². The fraction of sp³-hybridized carbons (Fsp3) is 0.588. The summed E-state index contributed by atoms with van der Waals surface area (Å²) in [5.41, 5.74) is 1.87. The molecule has 2 rings (SSSR count). The number of aliphatic hydroxyl groups is 1. The number of hydrogen-bond acceptors (Lipinski definition) is 4. The van der Waals surface area contributed by atoms with E-state index in [0.717, 1.165) is 39.0 Å². The molecule has 1 atom stereocenters. The Morgan fingerprint density at radius 1 is 1.43 bits per heavy atom. The maximum atomic E-state index is 9.86. The van der Waals surface area contributed by atoms with E-state index in [2.05, 4.69) is 36.0 Å². The van der Waals surface area contributed by atoms with Crippen LogP contribution in [0, 0.1) is 16.7 Å². The second-order valence-corrected chi connectivity index (χ2v) is 6.52. The van der Waals surface area contributed by atoms with Crippen LogP contribution in [0.4, 0.5) is 0 Å². The predicted octanol–water partition coefficient (Wildman–Crippen LogP) is 1.69. The van der Waals surface area contributed by atoms with Crippen LogP contribution in [0.15, 0.2) is 24.3 Å². The predicted molar refractivity (Wildman–Crippen MR) is 83.7 cm³/mol. The van der Waals surface area contributed by atoms with Crippen molar-refractivity contribution in [1.29, 1.82) is 5.26 Å². The highest BCUT2D eigenvalue weighted by Crippen LogP contribution is 2.31. The first kappa shape index (κ1) is 16.0. The summed E-state index contributed by atoms with van der Waals surface area (Å²) in [6.45, 7) is 3.98. The van der Waals surface area contributed by atoms with Gasteiger partial charge in [0.2, 0.25) is 0 Å². The molecule has 1 aliphatic heterocycles. The molecule has 0 bridgehead atoms. The van der Waals surface area contributed by atoms with Gasteiger partial charge >= 0.3 is 0 Å². The highest BCUT2D eigenvalue weighted by atomic mass is 16.3. The number of rotatable bonds is 5. The van der Waals surface area contributed by atoms with Crippen LogP contribution in [-0.2, 0) is 6.54 Å². The van der Waals surface area contributed by atoms with E-state index in [1.54, 1.807) is 0 Å². The third kappa shape index (κ3) is 4.28. The standard InChI is InChI=1S/C17H25N3O/c1-19(2)12-17(14-21)7-4-8-20(13-17)11-16-6-3-5-15(9-16)10-18/h3,5-6,9,21H,4,7-8,11-14H2,1-2H3. The maximum Gasteiger partial charge on any atom is 0.0991 e. The van der Waals surface area contributed by atoms with Crippen LogP contribution < -0.4 is 0 Å². The summed E-state index contributed by atoms with van der Waals surface area (Å²) in [5.74, 6) is 0. The molecule has 1 aliphatic rings. The van der Waals surface area contributed by atoms with E-state index in [1.807, 2.05) is 18.2 Å². The SMILES string of the molecule is CN(C)CC1(CO)CCCN(Cc2cccc(C#N)c2)C1. The van der Waals surface area contributed by atoms with Crippen LogP contribution >= 0.6 is 0 Å². The molecular weight excluding hydrogens is 262 g/mol. The molecular formula is C17H25N3O. The van der Waals surface area contributed by atoms with Crippen molar-refractivity contribution >= 4 is 0 Å². The molecule has 1 unspecified atom stereocenters. The summed E-state index contributed by atoms with van der Waals surface area (Å²) in [6, 6.07) is 10.0. The van der Waals surface area contributed by atoms with Crippen LogP contribution in [0.2, 0.25) is 0 Å². The first-order valence-corrected chi connectivity index (χ1v) is 7.54. The molecule has 0 spiro atoms. The molecule has 4 heteroatoms. The highest BCUT2D eigenvalue weighted by molar-refractivity contribution is 5.32. The van der Waals surface area contributed by atoms with Gasteiger partial charge in [0.15, 0.2) is 0 Å². The molecule has 0 aromatic heterocycles. The number of hydrogen-bond donors (Lipinski definition) is 1. The number of likely N-dealkylation sites (tertiary alicyclic amines) is 1. The average molecular weight is 287 g/mol. The Balaban J connectivity index is 2.05. The summed E-state index contributed by atoms with van der Waals surface area (Å²) in [6.07, 6.45) is 2.20. The van der Waals surface area contributed by atoms with Crippen molar-refractivity contribution in [2.24, 2.45) is 5.41 Å².